The van der Waals surface area contributed by atoms with E-state index in [9.17, 15) is 4.79 Å². The largest absolute Gasteiger partial charge is 0.299 e. The highest BCUT2D eigenvalue weighted by atomic mass is 79.9. The molecule has 0 aliphatic heterocycles. The molecule has 64 valence electrons. The summed E-state index contributed by atoms with van der Waals surface area (Å²) in [6.07, 6.45) is 6.64. The smallest absolute Gasteiger partial charge is 0.136 e. The molecule has 1 saturated carbocycles. The van der Waals surface area contributed by atoms with Crippen molar-refractivity contribution in [2.75, 3.05) is 5.33 Å². The van der Waals surface area contributed by atoms with Crippen molar-refractivity contribution in [3.8, 4) is 0 Å². The average molecular weight is 219 g/mol. The van der Waals surface area contributed by atoms with Crippen LogP contribution >= 0.6 is 15.9 Å². The Morgan fingerprint density at radius 3 is 2.55 bits per heavy atom. The molecule has 0 heterocycles. The Balaban J connectivity index is 2.17. The molecule has 1 nitrogen and oxygen atoms in total. The summed E-state index contributed by atoms with van der Waals surface area (Å²) in [5, 5.41) is 0.964. The molecule has 0 spiro atoms. The number of hydrogen-bond acceptors (Lipinski definition) is 1. The fraction of sp³-hybridized carbons (Fsp3) is 0.889. The molecule has 0 bridgehead atoms. The number of carbonyl (C=O) groups excluding carboxylic acids is 1. The van der Waals surface area contributed by atoms with E-state index >= 15 is 0 Å². The lowest BCUT2D eigenvalue weighted by Crippen LogP contribution is -2.10. The van der Waals surface area contributed by atoms with Gasteiger partial charge in [-0.15, -0.1) is 0 Å². The lowest BCUT2D eigenvalue weighted by atomic mass is 9.99. The molecular weight excluding hydrogens is 204 g/mol. The van der Waals surface area contributed by atoms with E-state index in [0.717, 1.165) is 31.0 Å². The molecule has 0 saturated heterocycles. The van der Waals surface area contributed by atoms with E-state index in [1.165, 1.54) is 12.8 Å². The zero-order valence-corrected chi connectivity index (χ0v) is 8.40. The number of hydrogen-bond donors (Lipinski definition) is 0. The van der Waals surface area contributed by atoms with Gasteiger partial charge in [0.1, 0.15) is 5.78 Å². The number of alkyl halides is 1. The van der Waals surface area contributed by atoms with Gasteiger partial charge in [0.05, 0.1) is 0 Å². The van der Waals surface area contributed by atoms with Crippen LogP contribution in [0.2, 0.25) is 0 Å². The summed E-state index contributed by atoms with van der Waals surface area (Å²) in [7, 11) is 0. The van der Waals surface area contributed by atoms with Gasteiger partial charge in [-0.05, 0) is 19.3 Å². The molecule has 1 aliphatic rings. The highest BCUT2D eigenvalue weighted by Crippen LogP contribution is 2.26. The van der Waals surface area contributed by atoms with Crippen LogP contribution in [0.4, 0.5) is 0 Å². The van der Waals surface area contributed by atoms with E-state index in [4.69, 9.17) is 0 Å². The third-order valence-corrected chi connectivity index (χ3v) is 2.93. The molecule has 1 rings (SSSR count). The van der Waals surface area contributed by atoms with Crippen LogP contribution < -0.4 is 0 Å². The Morgan fingerprint density at radius 1 is 1.36 bits per heavy atom. The van der Waals surface area contributed by atoms with Crippen LogP contribution in [0.1, 0.15) is 38.5 Å². The third-order valence-electron chi connectivity index (χ3n) is 2.37. The van der Waals surface area contributed by atoms with Gasteiger partial charge >= 0.3 is 0 Å². The maximum absolute atomic E-state index is 11.4. The van der Waals surface area contributed by atoms with Crippen molar-refractivity contribution in [1.82, 2.24) is 0 Å². The lowest BCUT2D eigenvalue weighted by molar-refractivity contribution is -0.122. The first-order chi connectivity index (χ1) is 5.34. The molecule has 1 fully saturated rings. The van der Waals surface area contributed by atoms with Gasteiger partial charge < -0.3 is 0 Å². The zero-order valence-electron chi connectivity index (χ0n) is 6.81. The number of ketones is 1. The van der Waals surface area contributed by atoms with Crippen molar-refractivity contribution in [3.05, 3.63) is 0 Å². The monoisotopic (exact) mass is 218 g/mol. The second kappa shape index (κ2) is 4.91. The van der Waals surface area contributed by atoms with E-state index in [-0.39, 0.29) is 0 Å². The van der Waals surface area contributed by atoms with Crippen LogP contribution in [-0.2, 0) is 4.79 Å². The number of Topliss-reactive ketones (excluding diaryl/α,β-unsaturated/α-hetero) is 1. The van der Waals surface area contributed by atoms with Gasteiger partial charge in [0.25, 0.3) is 0 Å². The van der Waals surface area contributed by atoms with Gasteiger partial charge in [0.2, 0.25) is 0 Å². The minimum Gasteiger partial charge on any atom is -0.299 e. The highest BCUT2D eigenvalue weighted by molar-refractivity contribution is 9.09. The summed E-state index contributed by atoms with van der Waals surface area (Å²) in [4.78, 5) is 11.4. The molecule has 0 atom stereocenters. The number of halogens is 1. The summed E-state index contributed by atoms with van der Waals surface area (Å²) < 4.78 is 0. The molecule has 0 aromatic carbocycles. The van der Waals surface area contributed by atoms with Gasteiger partial charge in [-0.1, -0.05) is 28.8 Å². The first kappa shape index (κ1) is 9.24. The van der Waals surface area contributed by atoms with Crippen LogP contribution in [-0.4, -0.2) is 11.1 Å². The predicted octanol–water partition coefficient (Wildman–Crippen LogP) is 2.92. The summed E-state index contributed by atoms with van der Waals surface area (Å²) in [6.45, 7) is 0. The van der Waals surface area contributed by atoms with Crippen LogP contribution in [0.3, 0.4) is 0 Å². The first-order valence-electron chi connectivity index (χ1n) is 4.43. The van der Waals surface area contributed by atoms with Crippen LogP contribution in [0.15, 0.2) is 0 Å². The Hall–Kier alpha value is 0.150. The summed E-state index contributed by atoms with van der Waals surface area (Å²) in [5.74, 6) is 0.927. The maximum Gasteiger partial charge on any atom is 0.136 e. The van der Waals surface area contributed by atoms with E-state index in [1.807, 2.05) is 0 Å². The van der Waals surface area contributed by atoms with Gasteiger partial charge in [0.15, 0.2) is 0 Å². The lowest BCUT2D eigenvalue weighted by Gasteiger charge is -2.05. The van der Waals surface area contributed by atoms with E-state index < -0.39 is 0 Å². The molecule has 0 aromatic heterocycles. The molecule has 1 aliphatic carbocycles. The normalized spacial score (nSPS) is 19.0. The SMILES string of the molecule is O=C(CCCBr)C1CCCC1. The molecule has 0 amide bonds. The van der Waals surface area contributed by atoms with E-state index in [1.54, 1.807) is 0 Å². The summed E-state index contributed by atoms with van der Waals surface area (Å²) >= 11 is 3.33. The van der Waals surface area contributed by atoms with Gasteiger partial charge in [-0.2, -0.15) is 0 Å². The molecule has 0 radical (unpaired) electrons. The standard InChI is InChI=1S/C9H15BrO/c10-7-3-6-9(11)8-4-1-2-5-8/h8H,1-7H2. The first-order valence-corrected chi connectivity index (χ1v) is 5.55. The highest BCUT2D eigenvalue weighted by Gasteiger charge is 2.21. The van der Waals surface area contributed by atoms with Crippen molar-refractivity contribution in [1.29, 1.82) is 0 Å². The zero-order chi connectivity index (χ0) is 8.10. The van der Waals surface area contributed by atoms with Crippen molar-refractivity contribution < 1.29 is 4.79 Å². The van der Waals surface area contributed by atoms with Crippen LogP contribution in [0.5, 0.6) is 0 Å². The molecular formula is C9H15BrO. The summed E-state index contributed by atoms with van der Waals surface area (Å²) in [5.41, 5.74) is 0. The molecule has 0 aromatic rings. The average Bonchev–Trinajstić information content (AvgIpc) is 2.52. The predicted molar refractivity (Wildman–Crippen MR) is 50.0 cm³/mol. The molecule has 0 unspecified atom stereocenters. The third kappa shape index (κ3) is 2.94. The topological polar surface area (TPSA) is 17.1 Å². The van der Waals surface area contributed by atoms with Gasteiger partial charge in [-0.3, -0.25) is 4.79 Å². The van der Waals surface area contributed by atoms with Gasteiger partial charge in [-0.25, -0.2) is 0 Å². The van der Waals surface area contributed by atoms with Crippen molar-refractivity contribution in [3.63, 3.8) is 0 Å². The van der Waals surface area contributed by atoms with Crippen molar-refractivity contribution in [2.45, 2.75) is 38.5 Å². The number of rotatable bonds is 4. The van der Waals surface area contributed by atoms with Crippen molar-refractivity contribution in [2.24, 2.45) is 5.92 Å². The maximum atomic E-state index is 11.4. The van der Waals surface area contributed by atoms with Crippen molar-refractivity contribution >= 4 is 21.7 Å². The quantitative estimate of drug-likeness (QED) is 0.664. The Kier molecular flexibility index (Phi) is 4.13. The molecule has 11 heavy (non-hydrogen) atoms. The van der Waals surface area contributed by atoms with E-state index in [2.05, 4.69) is 15.9 Å². The second-order valence-corrected chi connectivity index (χ2v) is 4.03. The van der Waals surface area contributed by atoms with Gasteiger partial charge in [0, 0.05) is 17.7 Å². The van der Waals surface area contributed by atoms with E-state index in [0.29, 0.717) is 11.7 Å². The Bertz CT molecular complexity index is 128. The molecule has 2 heteroatoms. The second-order valence-electron chi connectivity index (χ2n) is 3.24. The van der Waals surface area contributed by atoms with Crippen LogP contribution in [0.25, 0.3) is 0 Å². The fourth-order valence-electron chi connectivity index (χ4n) is 1.69. The van der Waals surface area contributed by atoms with Crippen LogP contribution in [0, 0.1) is 5.92 Å². The Labute approximate surface area is 76.7 Å². The fourth-order valence-corrected chi connectivity index (χ4v) is 1.97. The number of carbonyl (C=O) groups is 1. The minimum atomic E-state index is 0.425. The Morgan fingerprint density at radius 2 is 2.00 bits per heavy atom. The minimum absolute atomic E-state index is 0.425. The summed E-state index contributed by atoms with van der Waals surface area (Å²) in [6, 6.07) is 0. The molecule has 0 N–H and O–H groups in total.